The predicted octanol–water partition coefficient (Wildman–Crippen LogP) is 2.03. The lowest BCUT2D eigenvalue weighted by Crippen LogP contribution is -2.25. The van der Waals surface area contributed by atoms with Gasteiger partial charge in [0.15, 0.2) is 0 Å². The third kappa shape index (κ3) is 2.54. The highest BCUT2D eigenvalue weighted by Crippen LogP contribution is 2.16. The molecule has 1 rings (SSSR count). The molecule has 2 nitrogen and oxygen atoms in total. The molecule has 0 radical (unpaired) electrons. The summed E-state index contributed by atoms with van der Waals surface area (Å²) in [6, 6.07) is 8.20. The first-order valence-electron chi connectivity index (χ1n) is 4.50. The van der Waals surface area contributed by atoms with Gasteiger partial charge >= 0.3 is 0 Å². The van der Waals surface area contributed by atoms with Crippen molar-refractivity contribution in [1.82, 2.24) is 0 Å². The van der Waals surface area contributed by atoms with Crippen LogP contribution in [0, 0.1) is 6.92 Å². The molecule has 0 aromatic heterocycles. The molecule has 0 aliphatic rings. The molecule has 0 fully saturated rings. The molecule has 0 aliphatic carbocycles. The summed E-state index contributed by atoms with van der Waals surface area (Å²) in [5.41, 5.74) is 8.35. The molecular weight excluding hydrogens is 162 g/mol. The van der Waals surface area contributed by atoms with Crippen LogP contribution in [0.1, 0.15) is 24.1 Å². The molecule has 2 heteroatoms. The minimum Gasteiger partial charge on any atom is -0.380 e. The zero-order chi connectivity index (χ0) is 9.84. The third-order valence-electron chi connectivity index (χ3n) is 2.34. The summed E-state index contributed by atoms with van der Waals surface area (Å²) < 4.78 is 5.17. The van der Waals surface area contributed by atoms with Crippen LogP contribution in [0.15, 0.2) is 24.3 Å². The Morgan fingerprint density at radius 2 is 1.77 bits per heavy atom. The van der Waals surface area contributed by atoms with E-state index >= 15 is 0 Å². The molecule has 1 aromatic carbocycles. The summed E-state index contributed by atoms with van der Waals surface area (Å²) >= 11 is 0. The van der Waals surface area contributed by atoms with Crippen molar-refractivity contribution in [3.05, 3.63) is 35.4 Å². The van der Waals surface area contributed by atoms with Gasteiger partial charge in [-0.15, -0.1) is 0 Å². The second kappa shape index (κ2) is 4.40. The van der Waals surface area contributed by atoms with Crippen LogP contribution in [0.2, 0.25) is 0 Å². The fourth-order valence-corrected chi connectivity index (χ4v) is 1.21. The molecule has 2 N–H and O–H groups in total. The van der Waals surface area contributed by atoms with Gasteiger partial charge in [0.25, 0.3) is 0 Å². The molecule has 0 amide bonds. The van der Waals surface area contributed by atoms with Crippen LogP contribution in [0.5, 0.6) is 0 Å². The Bertz CT molecular complexity index is 255. The number of benzene rings is 1. The van der Waals surface area contributed by atoms with E-state index in [9.17, 15) is 0 Å². The van der Waals surface area contributed by atoms with Crippen molar-refractivity contribution in [3.63, 3.8) is 0 Å². The van der Waals surface area contributed by atoms with E-state index in [2.05, 4.69) is 31.2 Å². The average molecular weight is 179 g/mol. The molecule has 0 saturated heterocycles. The van der Waals surface area contributed by atoms with E-state index < -0.39 is 0 Å². The summed E-state index contributed by atoms with van der Waals surface area (Å²) in [6.45, 7) is 4.04. The predicted molar refractivity (Wildman–Crippen MR) is 54.6 cm³/mol. The number of hydrogen-bond acceptors (Lipinski definition) is 2. The van der Waals surface area contributed by atoms with Gasteiger partial charge < -0.3 is 10.5 Å². The topological polar surface area (TPSA) is 35.2 Å². The van der Waals surface area contributed by atoms with Gasteiger partial charge in [0.2, 0.25) is 0 Å². The van der Waals surface area contributed by atoms with E-state index in [-0.39, 0.29) is 12.1 Å². The van der Waals surface area contributed by atoms with Crippen LogP contribution >= 0.6 is 0 Å². The summed E-state index contributed by atoms with van der Waals surface area (Å²) in [5, 5.41) is 0. The van der Waals surface area contributed by atoms with Crippen molar-refractivity contribution in [2.45, 2.75) is 26.0 Å². The molecule has 0 spiro atoms. The van der Waals surface area contributed by atoms with Gasteiger partial charge in [-0.2, -0.15) is 0 Å². The van der Waals surface area contributed by atoms with Gasteiger partial charge in [-0.3, -0.25) is 0 Å². The maximum absolute atomic E-state index is 5.97. The second-order valence-electron chi connectivity index (χ2n) is 3.38. The smallest absolute Gasteiger partial charge is 0.0735 e. The molecule has 72 valence electrons. The van der Waals surface area contributed by atoms with E-state index in [0.29, 0.717) is 0 Å². The van der Waals surface area contributed by atoms with E-state index in [1.54, 1.807) is 7.11 Å². The van der Waals surface area contributed by atoms with Crippen molar-refractivity contribution in [2.75, 3.05) is 7.11 Å². The van der Waals surface area contributed by atoms with E-state index in [1.165, 1.54) is 5.56 Å². The maximum atomic E-state index is 5.97. The quantitative estimate of drug-likeness (QED) is 0.770. The Morgan fingerprint density at radius 1 is 1.23 bits per heavy atom. The average Bonchev–Trinajstić information content (AvgIpc) is 2.17. The highest BCUT2D eigenvalue weighted by Gasteiger charge is 2.13. The molecule has 2 atom stereocenters. The molecule has 1 aromatic rings. The number of rotatable bonds is 3. The van der Waals surface area contributed by atoms with Crippen molar-refractivity contribution in [2.24, 2.45) is 5.73 Å². The van der Waals surface area contributed by atoms with Crippen molar-refractivity contribution in [3.8, 4) is 0 Å². The Hall–Kier alpha value is -0.860. The Morgan fingerprint density at radius 3 is 2.23 bits per heavy atom. The fraction of sp³-hybridized carbons (Fsp3) is 0.455. The number of ether oxygens (including phenoxy) is 1. The largest absolute Gasteiger partial charge is 0.380 e. The zero-order valence-corrected chi connectivity index (χ0v) is 8.45. The molecule has 0 saturated carbocycles. The van der Waals surface area contributed by atoms with Gasteiger partial charge in [0.05, 0.1) is 12.1 Å². The number of nitrogens with two attached hydrogens (primary N) is 1. The third-order valence-corrected chi connectivity index (χ3v) is 2.34. The van der Waals surface area contributed by atoms with Crippen LogP contribution < -0.4 is 5.73 Å². The van der Waals surface area contributed by atoms with Crippen molar-refractivity contribution in [1.29, 1.82) is 0 Å². The Labute approximate surface area is 79.7 Å². The summed E-state index contributed by atoms with van der Waals surface area (Å²) in [5.74, 6) is 0. The minimum atomic E-state index is -0.0365. The van der Waals surface area contributed by atoms with Gasteiger partial charge in [-0.05, 0) is 19.4 Å². The Kier molecular flexibility index (Phi) is 3.46. The maximum Gasteiger partial charge on any atom is 0.0735 e. The van der Waals surface area contributed by atoms with Gasteiger partial charge in [0, 0.05) is 7.11 Å². The monoisotopic (exact) mass is 179 g/mol. The number of aryl methyl sites for hydroxylation is 1. The first-order chi connectivity index (χ1) is 6.15. The highest BCUT2D eigenvalue weighted by molar-refractivity contribution is 5.24. The number of methoxy groups -OCH3 is 1. The van der Waals surface area contributed by atoms with Crippen LogP contribution in [0.3, 0.4) is 0 Å². The van der Waals surface area contributed by atoms with Crippen molar-refractivity contribution < 1.29 is 4.74 Å². The molecule has 0 heterocycles. The van der Waals surface area contributed by atoms with Crippen LogP contribution in [0.25, 0.3) is 0 Å². The second-order valence-corrected chi connectivity index (χ2v) is 3.38. The van der Waals surface area contributed by atoms with Gasteiger partial charge in [0.1, 0.15) is 0 Å². The molecule has 13 heavy (non-hydrogen) atoms. The first kappa shape index (κ1) is 10.2. The van der Waals surface area contributed by atoms with E-state index in [4.69, 9.17) is 10.5 Å². The molecule has 0 bridgehead atoms. The molecule has 2 unspecified atom stereocenters. The van der Waals surface area contributed by atoms with Crippen LogP contribution in [-0.2, 0) is 4.74 Å². The standard InChI is InChI=1S/C11H17NO/c1-8-4-6-10(7-5-8)11(12)9(2)13-3/h4-7,9,11H,12H2,1-3H3. The minimum absolute atomic E-state index is 0.0365. The summed E-state index contributed by atoms with van der Waals surface area (Å²) in [6.07, 6.45) is 0.0581. The van der Waals surface area contributed by atoms with Crippen molar-refractivity contribution >= 4 is 0 Å². The van der Waals surface area contributed by atoms with E-state index in [1.807, 2.05) is 6.92 Å². The van der Waals surface area contributed by atoms with Crippen LogP contribution in [-0.4, -0.2) is 13.2 Å². The summed E-state index contributed by atoms with van der Waals surface area (Å²) in [7, 11) is 1.68. The van der Waals surface area contributed by atoms with Crippen LogP contribution in [0.4, 0.5) is 0 Å². The first-order valence-corrected chi connectivity index (χ1v) is 4.50. The highest BCUT2D eigenvalue weighted by atomic mass is 16.5. The lowest BCUT2D eigenvalue weighted by atomic mass is 10.0. The van der Waals surface area contributed by atoms with Gasteiger partial charge in [-0.25, -0.2) is 0 Å². The zero-order valence-electron chi connectivity index (χ0n) is 8.45. The lowest BCUT2D eigenvalue weighted by molar-refractivity contribution is 0.0956. The van der Waals surface area contributed by atoms with Gasteiger partial charge in [-0.1, -0.05) is 29.8 Å². The SMILES string of the molecule is COC(C)C(N)c1ccc(C)cc1. The fourth-order valence-electron chi connectivity index (χ4n) is 1.21. The summed E-state index contributed by atoms with van der Waals surface area (Å²) in [4.78, 5) is 0. The normalized spacial score (nSPS) is 15.4. The Balaban J connectivity index is 2.77. The molecule has 0 aliphatic heterocycles. The van der Waals surface area contributed by atoms with E-state index in [0.717, 1.165) is 5.56 Å². The lowest BCUT2D eigenvalue weighted by Gasteiger charge is -2.18. The number of hydrogen-bond donors (Lipinski definition) is 1. The molecular formula is C11H17NO.